The monoisotopic (exact) mass is 507 g/mol. The average Bonchev–Trinajstić information content (AvgIpc) is 3.59. The number of amides is 2. The number of nitrogens with one attached hydrogen (secondary N) is 1. The number of carbonyl (C=O) groups excluding carboxylic acids is 2. The summed E-state index contributed by atoms with van der Waals surface area (Å²) in [4.78, 5) is 24.3. The Hall–Kier alpha value is -3.53. The zero-order valence-electron chi connectivity index (χ0n) is 18.8. The summed E-state index contributed by atoms with van der Waals surface area (Å²) in [6.07, 6.45) is 2.95. The first-order valence-electron chi connectivity index (χ1n) is 11.0. The highest BCUT2D eigenvalue weighted by molar-refractivity contribution is 6.36. The first kappa shape index (κ1) is 24.6. The largest absolute Gasteiger partial charge is 0.494 e. The van der Waals surface area contributed by atoms with Crippen LogP contribution in [0, 0.1) is 5.92 Å². The van der Waals surface area contributed by atoms with Crippen molar-refractivity contribution in [1.82, 2.24) is 4.57 Å². The zero-order chi connectivity index (χ0) is 25.3. The van der Waals surface area contributed by atoms with Crippen molar-refractivity contribution in [2.45, 2.75) is 38.8 Å². The Bertz CT molecular complexity index is 1280. The smallest absolute Gasteiger partial charge is 0.387 e. The van der Waals surface area contributed by atoms with E-state index in [0.717, 1.165) is 12.8 Å². The number of primary amides is 1. The number of fused-ring (bicyclic) bond motifs is 1. The molecule has 35 heavy (non-hydrogen) atoms. The lowest BCUT2D eigenvalue weighted by molar-refractivity contribution is -0.118. The molecule has 1 atom stereocenters. The van der Waals surface area contributed by atoms with Crippen LogP contribution < -0.4 is 20.5 Å². The summed E-state index contributed by atoms with van der Waals surface area (Å²) in [6.45, 7) is -1.18. The summed E-state index contributed by atoms with van der Waals surface area (Å²) in [5.41, 5.74) is 6.33. The first-order chi connectivity index (χ1) is 16.7. The highest BCUT2D eigenvalue weighted by atomic mass is 35.5. The molecule has 1 heterocycles. The van der Waals surface area contributed by atoms with Gasteiger partial charge < -0.3 is 30.2 Å². The molecule has 1 saturated carbocycles. The lowest BCUT2D eigenvalue weighted by Gasteiger charge is -2.21. The number of hydrogen-bond donors (Lipinski definition) is 3. The van der Waals surface area contributed by atoms with Crippen LogP contribution in [0.5, 0.6) is 17.4 Å². The SMILES string of the molecule is CCOc1cc(C(CC(N)=O)n2cc3c(Cl)ccc(NC(=O)C4CC4)c3c2O)ccc1OC(F)F. The van der Waals surface area contributed by atoms with Gasteiger partial charge in [-0.3, -0.25) is 9.59 Å². The minimum atomic E-state index is -3.05. The molecule has 1 unspecified atom stereocenters. The van der Waals surface area contributed by atoms with Crippen molar-refractivity contribution in [2.24, 2.45) is 11.7 Å². The van der Waals surface area contributed by atoms with E-state index in [4.69, 9.17) is 22.1 Å². The van der Waals surface area contributed by atoms with Gasteiger partial charge in [0.15, 0.2) is 11.5 Å². The number of carbonyl (C=O) groups is 2. The highest BCUT2D eigenvalue weighted by Crippen LogP contribution is 2.43. The molecule has 1 fully saturated rings. The van der Waals surface area contributed by atoms with Crippen molar-refractivity contribution in [1.29, 1.82) is 0 Å². The summed E-state index contributed by atoms with van der Waals surface area (Å²) >= 11 is 6.38. The Morgan fingerprint density at radius 2 is 2.00 bits per heavy atom. The van der Waals surface area contributed by atoms with Gasteiger partial charge in [0.2, 0.25) is 17.7 Å². The molecule has 1 aromatic heterocycles. The summed E-state index contributed by atoms with van der Waals surface area (Å²) in [7, 11) is 0. The van der Waals surface area contributed by atoms with Gasteiger partial charge in [0.05, 0.1) is 35.2 Å². The van der Waals surface area contributed by atoms with E-state index in [9.17, 15) is 23.5 Å². The maximum Gasteiger partial charge on any atom is 0.387 e. The molecule has 0 saturated heterocycles. The predicted octanol–water partition coefficient (Wildman–Crippen LogP) is 4.81. The Kier molecular flexibility index (Phi) is 7.02. The van der Waals surface area contributed by atoms with E-state index >= 15 is 0 Å². The van der Waals surface area contributed by atoms with Gasteiger partial charge >= 0.3 is 6.61 Å². The van der Waals surface area contributed by atoms with Crippen molar-refractivity contribution in [3.8, 4) is 17.4 Å². The fourth-order valence-electron chi connectivity index (χ4n) is 3.97. The lowest BCUT2D eigenvalue weighted by Crippen LogP contribution is -2.20. The summed E-state index contributed by atoms with van der Waals surface area (Å²) < 4.78 is 37.0. The van der Waals surface area contributed by atoms with Crippen LogP contribution in [0.3, 0.4) is 0 Å². The second-order valence-corrected chi connectivity index (χ2v) is 8.62. The van der Waals surface area contributed by atoms with Gasteiger partial charge in [-0.25, -0.2) is 0 Å². The van der Waals surface area contributed by atoms with E-state index in [-0.39, 0.29) is 42.2 Å². The van der Waals surface area contributed by atoms with Crippen LogP contribution in [0.15, 0.2) is 36.5 Å². The maximum absolute atomic E-state index is 12.8. The third kappa shape index (κ3) is 5.27. The second-order valence-electron chi connectivity index (χ2n) is 8.21. The topological polar surface area (TPSA) is 116 Å². The molecule has 3 aromatic rings. The molecule has 1 aliphatic carbocycles. The minimum Gasteiger partial charge on any atom is -0.494 e. The maximum atomic E-state index is 12.8. The van der Waals surface area contributed by atoms with E-state index in [1.165, 1.54) is 22.8 Å². The molecule has 1 aliphatic rings. The molecule has 11 heteroatoms. The quantitative estimate of drug-likeness (QED) is 0.364. The fourth-order valence-corrected chi connectivity index (χ4v) is 4.18. The van der Waals surface area contributed by atoms with Crippen molar-refractivity contribution < 1.29 is 33.0 Å². The number of aromatic nitrogens is 1. The Morgan fingerprint density at radius 1 is 1.26 bits per heavy atom. The second kappa shape index (κ2) is 9.99. The molecule has 4 N–H and O–H groups in total. The molecular weight excluding hydrogens is 484 g/mol. The standard InChI is InChI=1S/C24H24ClF2N3O5/c1-2-34-19-9-13(5-8-18(19)35-24(26)27)17(10-20(28)31)30-11-14-15(25)6-7-16(21(14)23(30)33)29-22(32)12-3-4-12/h5-9,11-12,17,24,33H,2-4,10H2,1H3,(H2,28,31)(H,29,32). The fraction of sp³-hybridized carbons (Fsp3) is 0.333. The number of halogens is 3. The molecule has 0 aliphatic heterocycles. The summed E-state index contributed by atoms with van der Waals surface area (Å²) in [6, 6.07) is 6.61. The Morgan fingerprint density at radius 3 is 2.63 bits per heavy atom. The number of benzene rings is 2. The van der Waals surface area contributed by atoms with Crippen molar-refractivity contribution in [3.63, 3.8) is 0 Å². The van der Waals surface area contributed by atoms with E-state index < -0.39 is 18.6 Å². The molecule has 4 rings (SSSR count). The van der Waals surface area contributed by atoms with Crippen LogP contribution in [-0.2, 0) is 9.59 Å². The minimum absolute atomic E-state index is 0.0476. The van der Waals surface area contributed by atoms with Gasteiger partial charge in [-0.15, -0.1) is 0 Å². The molecule has 8 nitrogen and oxygen atoms in total. The van der Waals surface area contributed by atoms with Crippen molar-refractivity contribution >= 4 is 39.9 Å². The van der Waals surface area contributed by atoms with E-state index in [2.05, 4.69) is 10.1 Å². The Balaban J connectivity index is 1.82. The average molecular weight is 508 g/mol. The van der Waals surface area contributed by atoms with Crippen molar-refractivity contribution in [2.75, 3.05) is 11.9 Å². The van der Waals surface area contributed by atoms with Crippen LogP contribution in [-0.4, -0.2) is 34.7 Å². The van der Waals surface area contributed by atoms with Crippen LogP contribution in [0.4, 0.5) is 14.5 Å². The first-order valence-corrected chi connectivity index (χ1v) is 11.4. The number of nitrogens with zero attached hydrogens (tertiary/aromatic N) is 1. The molecule has 0 bridgehead atoms. The Labute approximate surface area is 204 Å². The number of rotatable bonds is 10. The molecule has 2 amide bonds. The molecule has 0 spiro atoms. The van der Waals surface area contributed by atoms with Crippen LogP contribution in [0.2, 0.25) is 5.02 Å². The lowest BCUT2D eigenvalue weighted by atomic mass is 10.0. The van der Waals surface area contributed by atoms with E-state index in [1.54, 1.807) is 25.3 Å². The van der Waals surface area contributed by atoms with Gasteiger partial charge in [-0.2, -0.15) is 8.78 Å². The van der Waals surface area contributed by atoms with Crippen LogP contribution in [0.25, 0.3) is 10.8 Å². The van der Waals surface area contributed by atoms with E-state index in [1.807, 2.05) is 0 Å². The number of alkyl halides is 2. The number of hydrogen-bond acceptors (Lipinski definition) is 5. The number of anilines is 1. The molecular formula is C24H24ClF2N3O5. The number of aromatic hydroxyl groups is 1. The van der Waals surface area contributed by atoms with Gasteiger partial charge in [0.1, 0.15) is 0 Å². The van der Waals surface area contributed by atoms with Crippen LogP contribution >= 0.6 is 11.6 Å². The highest BCUT2D eigenvalue weighted by Gasteiger charge is 2.31. The van der Waals surface area contributed by atoms with Gasteiger partial charge in [-0.05, 0) is 49.6 Å². The number of nitrogens with two attached hydrogens (primary N) is 1. The summed E-state index contributed by atoms with van der Waals surface area (Å²) in [5.74, 6) is -1.23. The molecule has 186 valence electrons. The number of ether oxygens (including phenoxy) is 2. The third-order valence-electron chi connectivity index (χ3n) is 5.73. The van der Waals surface area contributed by atoms with E-state index in [0.29, 0.717) is 27.0 Å². The van der Waals surface area contributed by atoms with Crippen LogP contribution in [0.1, 0.15) is 37.8 Å². The van der Waals surface area contributed by atoms with Gasteiger partial charge in [0.25, 0.3) is 0 Å². The summed E-state index contributed by atoms with van der Waals surface area (Å²) in [5, 5.41) is 15.1. The molecule has 2 aromatic carbocycles. The van der Waals surface area contributed by atoms with Crippen molar-refractivity contribution in [3.05, 3.63) is 47.1 Å². The van der Waals surface area contributed by atoms with Gasteiger partial charge in [0, 0.05) is 17.5 Å². The zero-order valence-corrected chi connectivity index (χ0v) is 19.5. The predicted molar refractivity (Wildman–Crippen MR) is 126 cm³/mol. The third-order valence-corrected chi connectivity index (χ3v) is 6.06. The molecule has 0 radical (unpaired) electrons. The van der Waals surface area contributed by atoms with Gasteiger partial charge in [-0.1, -0.05) is 17.7 Å². The normalized spacial score (nSPS) is 14.2.